The monoisotopic (exact) mass is 295 g/mol. The molecule has 114 valence electrons. The van der Waals surface area contributed by atoms with Gasteiger partial charge in [-0.25, -0.2) is 4.39 Å². The van der Waals surface area contributed by atoms with Crippen molar-refractivity contribution in [3.63, 3.8) is 0 Å². The highest BCUT2D eigenvalue weighted by molar-refractivity contribution is 5.93. The number of carbonyl (C=O) groups is 1. The lowest BCUT2D eigenvalue weighted by molar-refractivity contribution is -0.385. The molecule has 21 heavy (non-hydrogen) atoms. The van der Waals surface area contributed by atoms with Gasteiger partial charge in [0, 0.05) is 12.1 Å². The lowest BCUT2D eigenvalue weighted by Crippen LogP contribution is -2.37. The van der Waals surface area contributed by atoms with E-state index in [4.69, 9.17) is 5.73 Å². The van der Waals surface area contributed by atoms with Crippen LogP contribution in [0.1, 0.15) is 32.1 Å². The van der Waals surface area contributed by atoms with E-state index in [1.54, 1.807) is 0 Å². The number of nitro groups is 1. The van der Waals surface area contributed by atoms with Gasteiger partial charge in [-0.3, -0.25) is 14.9 Å². The Morgan fingerprint density at radius 1 is 1.33 bits per heavy atom. The van der Waals surface area contributed by atoms with E-state index >= 15 is 0 Å². The molecule has 0 radical (unpaired) electrons. The maximum atomic E-state index is 13.8. The van der Waals surface area contributed by atoms with Crippen molar-refractivity contribution in [1.29, 1.82) is 0 Å². The average Bonchev–Trinajstić information content (AvgIpc) is 2.65. The second-order valence-electron chi connectivity index (χ2n) is 5.32. The number of non-ortho nitro benzene ring substituents is 1. The zero-order valence-electron chi connectivity index (χ0n) is 11.5. The summed E-state index contributed by atoms with van der Waals surface area (Å²) in [5.74, 6) is -1.49. The summed E-state index contributed by atoms with van der Waals surface area (Å²) in [5.41, 5.74) is 5.59. The third-order valence-corrected chi connectivity index (χ3v) is 3.83. The smallest absolute Gasteiger partial charge is 0.272 e. The molecule has 0 aromatic heterocycles. The Morgan fingerprint density at radius 2 is 2.05 bits per heavy atom. The Morgan fingerprint density at radius 3 is 2.71 bits per heavy atom. The molecule has 2 atom stereocenters. The molecule has 1 aromatic rings. The third kappa shape index (κ3) is 3.75. The SMILES string of the molecule is NC1CCCCCC1C(=O)Nc1ccc([N+](=O)[O-])cc1F. The summed E-state index contributed by atoms with van der Waals surface area (Å²) < 4.78 is 13.8. The molecule has 1 aliphatic carbocycles. The minimum absolute atomic E-state index is 0.0537. The predicted octanol–water partition coefficient (Wildman–Crippen LogP) is 2.58. The van der Waals surface area contributed by atoms with Gasteiger partial charge >= 0.3 is 0 Å². The van der Waals surface area contributed by atoms with Crippen molar-refractivity contribution in [2.75, 3.05) is 5.32 Å². The van der Waals surface area contributed by atoms with E-state index in [0.717, 1.165) is 37.8 Å². The largest absolute Gasteiger partial charge is 0.327 e. The molecule has 3 N–H and O–H groups in total. The second kappa shape index (κ2) is 6.62. The van der Waals surface area contributed by atoms with Gasteiger partial charge in [0.05, 0.1) is 22.6 Å². The minimum atomic E-state index is -0.820. The van der Waals surface area contributed by atoms with Crippen LogP contribution in [0.5, 0.6) is 0 Å². The van der Waals surface area contributed by atoms with Crippen LogP contribution in [0.25, 0.3) is 0 Å². The molecule has 0 spiro atoms. The lowest BCUT2D eigenvalue weighted by atomic mass is 9.94. The Labute approximate surface area is 121 Å². The third-order valence-electron chi connectivity index (χ3n) is 3.83. The van der Waals surface area contributed by atoms with Gasteiger partial charge in [0.25, 0.3) is 5.69 Å². The van der Waals surface area contributed by atoms with Gasteiger partial charge in [0.15, 0.2) is 5.82 Å². The molecular formula is C14H18FN3O3. The summed E-state index contributed by atoms with van der Waals surface area (Å²) in [6.07, 6.45) is 4.43. The highest BCUT2D eigenvalue weighted by Gasteiger charge is 2.27. The number of amides is 1. The molecule has 2 unspecified atom stereocenters. The standard InChI is InChI=1S/C14H18FN3O3/c15-11-8-9(18(20)21)6-7-13(11)17-14(19)10-4-2-1-3-5-12(10)16/h6-8,10,12H,1-5,16H2,(H,17,19). The summed E-state index contributed by atoms with van der Waals surface area (Å²) >= 11 is 0. The first-order valence-electron chi connectivity index (χ1n) is 6.99. The summed E-state index contributed by atoms with van der Waals surface area (Å²) in [6.45, 7) is 0. The molecule has 1 aliphatic rings. The molecule has 1 amide bonds. The van der Waals surface area contributed by atoms with Crippen molar-refractivity contribution in [3.8, 4) is 0 Å². The molecule has 1 saturated carbocycles. The van der Waals surface area contributed by atoms with Crippen LogP contribution < -0.4 is 11.1 Å². The molecule has 0 heterocycles. The first kappa shape index (κ1) is 15.4. The summed E-state index contributed by atoms with van der Waals surface area (Å²) in [6, 6.07) is 2.93. The fourth-order valence-electron chi connectivity index (χ4n) is 2.61. The number of halogens is 1. The topological polar surface area (TPSA) is 98.3 Å². The van der Waals surface area contributed by atoms with Crippen LogP contribution in [0.4, 0.5) is 15.8 Å². The van der Waals surface area contributed by atoms with Gasteiger partial charge in [0.1, 0.15) is 0 Å². The summed E-state index contributed by atoms with van der Waals surface area (Å²) in [4.78, 5) is 22.1. The van der Waals surface area contributed by atoms with Gasteiger partial charge in [-0.15, -0.1) is 0 Å². The molecule has 0 saturated heterocycles. The zero-order valence-corrected chi connectivity index (χ0v) is 11.5. The van der Waals surface area contributed by atoms with Crippen LogP contribution in [0.3, 0.4) is 0 Å². The number of rotatable bonds is 3. The lowest BCUT2D eigenvalue weighted by Gasteiger charge is -2.20. The Bertz CT molecular complexity index is 550. The van der Waals surface area contributed by atoms with Crippen LogP contribution in [0.15, 0.2) is 18.2 Å². The molecule has 1 fully saturated rings. The van der Waals surface area contributed by atoms with E-state index in [0.29, 0.717) is 6.42 Å². The quantitative estimate of drug-likeness (QED) is 0.508. The van der Waals surface area contributed by atoms with Crippen LogP contribution >= 0.6 is 0 Å². The van der Waals surface area contributed by atoms with Gasteiger partial charge in [-0.2, -0.15) is 0 Å². The van der Waals surface area contributed by atoms with E-state index < -0.39 is 10.7 Å². The number of carbonyl (C=O) groups excluding carboxylic acids is 1. The van der Waals surface area contributed by atoms with Crippen molar-refractivity contribution in [1.82, 2.24) is 0 Å². The Kier molecular flexibility index (Phi) is 4.85. The minimum Gasteiger partial charge on any atom is -0.327 e. The average molecular weight is 295 g/mol. The van der Waals surface area contributed by atoms with Gasteiger partial charge in [0.2, 0.25) is 5.91 Å². The molecule has 1 aromatic carbocycles. The fourth-order valence-corrected chi connectivity index (χ4v) is 2.61. The zero-order chi connectivity index (χ0) is 15.4. The van der Waals surface area contributed by atoms with Gasteiger partial charge in [-0.1, -0.05) is 19.3 Å². The van der Waals surface area contributed by atoms with Crippen molar-refractivity contribution in [3.05, 3.63) is 34.1 Å². The maximum absolute atomic E-state index is 13.8. The van der Waals surface area contributed by atoms with E-state index in [1.807, 2.05) is 0 Å². The van der Waals surface area contributed by atoms with Crippen LogP contribution in [-0.2, 0) is 4.79 Å². The van der Waals surface area contributed by atoms with Crippen LogP contribution in [0, 0.1) is 21.8 Å². The van der Waals surface area contributed by atoms with Crippen LogP contribution in [0.2, 0.25) is 0 Å². The number of nitrogens with two attached hydrogens (primary N) is 1. The van der Waals surface area contributed by atoms with Gasteiger partial charge in [-0.05, 0) is 18.9 Å². The molecule has 2 rings (SSSR count). The van der Waals surface area contributed by atoms with Crippen molar-refractivity contribution in [2.24, 2.45) is 11.7 Å². The predicted molar refractivity (Wildman–Crippen MR) is 76.2 cm³/mol. The number of nitro benzene ring substituents is 1. The Balaban J connectivity index is 2.10. The summed E-state index contributed by atoms with van der Waals surface area (Å²) in [5, 5.41) is 13.0. The van der Waals surface area contributed by atoms with E-state index in [2.05, 4.69) is 5.32 Å². The molecule has 7 heteroatoms. The first-order chi connectivity index (χ1) is 9.99. The highest BCUT2D eigenvalue weighted by atomic mass is 19.1. The van der Waals surface area contributed by atoms with Gasteiger partial charge < -0.3 is 11.1 Å². The van der Waals surface area contributed by atoms with E-state index in [9.17, 15) is 19.3 Å². The van der Waals surface area contributed by atoms with Crippen molar-refractivity contribution >= 4 is 17.3 Å². The maximum Gasteiger partial charge on any atom is 0.272 e. The molecule has 0 aliphatic heterocycles. The second-order valence-corrected chi connectivity index (χ2v) is 5.32. The molecular weight excluding hydrogens is 277 g/mol. The molecule has 0 bridgehead atoms. The summed E-state index contributed by atoms with van der Waals surface area (Å²) in [7, 11) is 0. The van der Waals surface area contributed by atoms with Crippen LogP contribution in [-0.4, -0.2) is 16.9 Å². The number of benzene rings is 1. The number of nitrogens with zero attached hydrogens (tertiary/aromatic N) is 1. The molecule has 6 nitrogen and oxygen atoms in total. The van der Waals surface area contributed by atoms with E-state index in [-0.39, 0.29) is 29.2 Å². The number of hydrogen-bond acceptors (Lipinski definition) is 4. The number of hydrogen-bond donors (Lipinski definition) is 2. The Hall–Kier alpha value is -2.02. The first-order valence-corrected chi connectivity index (χ1v) is 6.99. The van der Waals surface area contributed by atoms with Crippen molar-refractivity contribution < 1.29 is 14.1 Å². The normalized spacial score (nSPS) is 22.4. The fraction of sp³-hybridized carbons (Fsp3) is 0.500. The van der Waals surface area contributed by atoms with Crippen molar-refractivity contribution in [2.45, 2.75) is 38.1 Å². The number of anilines is 1. The number of nitrogens with one attached hydrogen (secondary N) is 1. The van der Waals surface area contributed by atoms with E-state index in [1.165, 1.54) is 6.07 Å². The highest BCUT2D eigenvalue weighted by Crippen LogP contribution is 2.25.